The Hall–Kier alpha value is -2.40. The Morgan fingerprint density at radius 2 is 1.62 bits per heavy atom. The monoisotopic (exact) mass is 341 g/mol. The van der Waals surface area contributed by atoms with Gasteiger partial charge in [-0.1, -0.05) is 42.5 Å². The molecule has 122 valence electrons. The van der Waals surface area contributed by atoms with Gasteiger partial charge in [-0.25, -0.2) is 4.39 Å². The Labute approximate surface area is 144 Å². The molecule has 0 unspecified atom stereocenters. The highest BCUT2D eigenvalue weighted by molar-refractivity contribution is 8.03. The average Bonchev–Trinajstić information content (AvgIpc) is 2.84. The van der Waals surface area contributed by atoms with E-state index in [0.717, 1.165) is 5.56 Å². The van der Waals surface area contributed by atoms with E-state index in [-0.39, 0.29) is 17.6 Å². The van der Waals surface area contributed by atoms with Crippen molar-refractivity contribution < 1.29 is 14.0 Å². The molecular formula is C19H16FNO2S. The number of halogens is 1. The number of carbonyl (C=O) groups excluding carboxylic acids is 2. The summed E-state index contributed by atoms with van der Waals surface area (Å²) in [5.74, 6) is -0.369. The number of hydrogen-bond donors (Lipinski definition) is 0. The Morgan fingerprint density at radius 3 is 2.25 bits per heavy atom. The lowest BCUT2D eigenvalue weighted by Crippen LogP contribution is -2.31. The van der Waals surface area contributed by atoms with E-state index >= 15 is 0 Å². The highest BCUT2D eigenvalue weighted by Crippen LogP contribution is 2.37. The summed E-state index contributed by atoms with van der Waals surface area (Å²) < 4.78 is 13.2. The maximum absolute atomic E-state index is 13.2. The van der Waals surface area contributed by atoms with Crippen LogP contribution in [0.25, 0.3) is 5.57 Å². The summed E-state index contributed by atoms with van der Waals surface area (Å²) in [7, 11) is 0. The molecule has 2 aromatic rings. The lowest BCUT2D eigenvalue weighted by Gasteiger charge is -2.11. The normalized spacial score (nSPS) is 14.7. The van der Waals surface area contributed by atoms with Crippen LogP contribution in [-0.4, -0.2) is 23.3 Å². The van der Waals surface area contributed by atoms with Gasteiger partial charge < -0.3 is 0 Å². The van der Waals surface area contributed by atoms with E-state index in [1.807, 2.05) is 30.3 Å². The van der Waals surface area contributed by atoms with Crippen molar-refractivity contribution >= 4 is 29.1 Å². The zero-order valence-electron chi connectivity index (χ0n) is 13.2. The van der Waals surface area contributed by atoms with Gasteiger partial charge in [-0.05, 0) is 30.2 Å². The molecule has 3 rings (SSSR count). The van der Waals surface area contributed by atoms with Crippen molar-refractivity contribution in [3.63, 3.8) is 0 Å². The first-order valence-electron chi connectivity index (χ1n) is 7.65. The van der Waals surface area contributed by atoms with Gasteiger partial charge in [0.15, 0.2) is 0 Å². The zero-order valence-corrected chi connectivity index (χ0v) is 14.0. The number of carbonyl (C=O) groups is 2. The minimum absolute atomic E-state index is 0.275. The molecule has 0 radical (unpaired) electrons. The van der Waals surface area contributed by atoms with Gasteiger partial charge in [0.25, 0.3) is 11.8 Å². The van der Waals surface area contributed by atoms with Crippen LogP contribution in [0.15, 0.2) is 59.5 Å². The third-order valence-electron chi connectivity index (χ3n) is 3.80. The molecular weight excluding hydrogens is 325 g/mol. The van der Waals surface area contributed by atoms with Crippen molar-refractivity contribution in [2.45, 2.75) is 12.7 Å². The molecule has 5 heteroatoms. The molecule has 0 spiro atoms. The molecule has 0 bridgehead atoms. The van der Waals surface area contributed by atoms with Crippen LogP contribution in [0.4, 0.5) is 4.39 Å². The molecule has 0 aromatic heterocycles. The predicted molar refractivity (Wildman–Crippen MR) is 93.5 cm³/mol. The van der Waals surface area contributed by atoms with E-state index in [2.05, 4.69) is 0 Å². The molecule has 0 fully saturated rings. The topological polar surface area (TPSA) is 37.4 Å². The van der Waals surface area contributed by atoms with Gasteiger partial charge in [-0.15, -0.1) is 11.8 Å². The molecule has 2 aromatic carbocycles. The average molecular weight is 341 g/mol. The molecule has 0 N–H and O–H groups in total. The second-order valence-corrected chi connectivity index (χ2v) is 6.33. The van der Waals surface area contributed by atoms with E-state index in [9.17, 15) is 14.0 Å². The van der Waals surface area contributed by atoms with Crippen molar-refractivity contribution in [3.8, 4) is 0 Å². The first-order chi connectivity index (χ1) is 11.6. The minimum atomic E-state index is -0.373. The third-order valence-corrected chi connectivity index (χ3v) is 4.95. The number of amides is 2. The van der Waals surface area contributed by atoms with Crippen LogP contribution in [0.3, 0.4) is 0 Å². The maximum Gasteiger partial charge on any atom is 0.267 e. The molecule has 1 aliphatic rings. The van der Waals surface area contributed by atoms with E-state index in [1.165, 1.54) is 40.9 Å². The molecule has 0 aliphatic carbocycles. The summed E-state index contributed by atoms with van der Waals surface area (Å²) >= 11 is 1.35. The Balaban J connectivity index is 1.96. The van der Waals surface area contributed by atoms with E-state index in [1.54, 1.807) is 6.92 Å². The second kappa shape index (κ2) is 7.01. The van der Waals surface area contributed by atoms with E-state index < -0.39 is 0 Å². The van der Waals surface area contributed by atoms with Crippen LogP contribution in [0.5, 0.6) is 0 Å². The lowest BCUT2D eigenvalue weighted by atomic mass is 10.1. The zero-order chi connectivity index (χ0) is 17.1. The molecule has 0 saturated carbocycles. The molecule has 0 saturated heterocycles. The van der Waals surface area contributed by atoms with Crippen molar-refractivity contribution in [1.82, 2.24) is 4.90 Å². The summed E-state index contributed by atoms with van der Waals surface area (Å²) in [4.78, 5) is 26.8. The summed E-state index contributed by atoms with van der Waals surface area (Å²) in [5.41, 5.74) is 2.01. The summed E-state index contributed by atoms with van der Waals surface area (Å²) in [5, 5.41) is 0. The van der Waals surface area contributed by atoms with Gasteiger partial charge in [-0.3, -0.25) is 14.5 Å². The van der Waals surface area contributed by atoms with Gasteiger partial charge in [0.1, 0.15) is 5.82 Å². The number of rotatable bonds is 5. The number of imide groups is 1. The van der Waals surface area contributed by atoms with Gasteiger partial charge in [0, 0.05) is 12.3 Å². The van der Waals surface area contributed by atoms with Crippen LogP contribution in [0, 0.1) is 5.82 Å². The van der Waals surface area contributed by atoms with Crippen molar-refractivity contribution in [2.75, 3.05) is 6.54 Å². The Morgan fingerprint density at radius 1 is 0.958 bits per heavy atom. The lowest BCUT2D eigenvalue weighted by molar-refractivity contribution is -0.136. The quantitative estimate of drug-likeness (QED) is 0.775. The first kappa shape index (κ1) is 16.5. The SMILES string of the molecule is CCN1C(=O)C(SCc2ccccc2)=C(c2ccc(F)cc2)C1=O. The van der Waals surface area contributed by atoms with Gasteiger partial charge in [0.05, 0.1) is 10.5 Å². The predicted octanol–water partition coefficient (Wildman–Crippen LogP) is 3.86. The van der Waals surface area contributed by atoms with Crippen LogP contribution in [-0.2, 0) is 15.3 Å². The van der Waals surface area contributed by atoms with Gasteiger partial charge in [0.2, 0.25) is 0 Å². The van der Waals surface area contributed by atoms with Crippen LogP contribution in [0.1, 0.15) is 18.1 Å². The smallest absolute Gasteiger partial charge is 0.267 e. The largest absolute Gasteiger partial charge is 0.274 e. The Kier molecular flexibility index (Phi) is 4.81. The van der Waals surface area contributed by atoms with Crippen LogP contribution < -0.4 is 0 Å². The first-order valence-corrected chi connectivity index (χ1v) is 8.63. The number of benzene rings is 2. The molecule has 24 heavy (non-hydrogen) atoms. The summed E-state index contributed by atoms with van der Waals surface area (Å²) in [6.07, 6.45) is 0. The van der Waals surface area contributed by atoms with Crippen LogP contribution >= 0.6 is 11.8 Å². The fourth-order valence-electron chi connectivity index (χ4n) is 2.58. The fraction of sp³-hybridized carbons (Fsp3) is 0.158. The molecule has 1 aliphatic heterocycles. The molecule has 0 atom stereocenters. The van der Waals surface area contributed by atoms with Crippen LogP contribution in [0.2, 0.25) is 0 Å². The van der Waals surface area contributed by atoms with Gasteiger partial charge in [-0.2, -0.15) is 0 Å². The standard InChI is InChI=1S/C19H16FNO2S/c1-2-21-18(22)16(14-8-10-15(20)11-9-14)17(19(21)23)24-12-13-6-4-3-5-7-13/h3-11H,2,12H2,1H3. The number of likely N-dealkylation sites (N-methyl/N-ethyl adjacent to an activating group) is 1. The van der Waals surface area contributed by atoms with Gasteiger partial charge >= 0.3 is 0 Å². The molecule has 2 amide bonds. The summed E-state index contributed by atoms with van der Waals surface area (Å²) in [6.45, 7) is 2.08. The highest BCUT2D eigenvalue weighted by Gasteiger charge is 2.38. The second-order valence-electron chi connectivity index (χ2n) is 5.34. The highest BCUT2D eigenvalue weighted by atomic mass is 32.2. The number of nitrogens with zero attached hydrogens (tertiary/aromatic N) is 1. The Bertz CT molecular complexity index is 800. The van der Waals surface area contributed by atoms with Crippen molar-refractivity contribution in [1.29, 1.82) is 0 Å². The van der Waals surface area contributed by atoms with E-state index in [4.69, 9.17) is 0 Å². The number of hydrogen-bond acceptors (Lipinski definition) is 3. The minimum Gasteiger partial charge on any atom is -0.274 e. The van der Waals surface area contributed by atoms with Crippen molar-refractivity contribution in [2.24, 2.45) is 0 Å². The maximum atomic E-state index is 13.2. The van der Waals surface area contributed by atoms with Crippen molar-refractivity contribution in [3.05, 3.63) is 76.4 Å². The molecule has 3 nitrogen and oxygen atoms in total. The summed E-state index contributed by atoms with van der Waals surface area (Å²) in [6, 6.07) is 15.4. The third kappa shape index (κ3) is 3.12. The van der Waals surface area contributed by atoms with E-state index in [0.29, 0.717) is 28.3 Å². The number of thioether (sulfide) groups is 1. The molecule has 1 heterocycles. The fourth-order valence-corrected chi connectivity index (χ4v) is 3.66.